The van der Waals surface area contributed by atoms with E-state index in [4.69, 9.17) is 4.74 Å². The van der Waals surface area contributed by atoms with E-state index in [1.165, 1.54) is 4.90 Å². The second-order valence-corrected chi connectivity index (χ2v) is 11.1. The Morgan fingerprint density at radius 3 is 2.23 bits per heavy atom. The number of carbonyl (C=O) groups excluding carboxylic acids is 2. The van der Waals surface area contributed by atoms with Crippen molar-refractivity contribution < 1.29 is 22.7 Å². The molecule has 0 bridgehead atoms. The van der Waals surface area contributed by atoms with Crippen molar-refractivity contribution in [1.82, 2.24) is 10.2 Å². The van der Waals surface area contributed by atoms with Gasteiger partial charge in [-0.3, -0.25) is 13.9 Å². The Bertz CT molecular complexity index is 1360. The molecule has 39 heavy (non-hydrogen) atoms. The highest BCUT2D eigenvalue weighted by atomic mass is 32.2. The molecule has 8 nitrogen and oxygen atoms in total. The van der Waals surface area contributed by atoms with E-state index in [0.717, 1.165) is 27.3 Å². The van der Waals surface area contributed by atoms with Crippen LogP contribution in [0.25, 0.3) is 0 Å². The summed E-state index contributed by atoms with van der Waals surface area (Å²) in [5, 5.41) is 2.85. The average molecular weight is 552 g/mol. The van der Waals surface area contributed by atoms with Crippen LogP contribution in [0, 0.1) is 0 Å². The number of amides is 2. The first kappa shape index (κ1) is 29.7. The SMILES string of the molecule is CCNC(=O)[C@@H](Cc1ccccc1)N(Cc1cccc(OC)c1)C(=O)CN(c1ccccc1CC)S(C)(=O)=O. The van der Waals surface area contributed by atoms with E-state index < -0.39 is 28.5 Å². The molecule has 0 aliphatic rings. The van der Waals surface area contributed by atoms with Crippen LogP contribution in [0.3, 0.4) is 0 Å². The Morgan fingerprint density at radius 1 is 0.923 bits per heavy atom. The summed E-state index contributed by atoms with van der Waals surface area (Å²) in [6.07, 6.45) is 1.95. The lowest BCUT2D eigenvalue weighted by atomic mass is 10.0. The number of hydrogen-bond acceptors (Lipinski definition) is 5. The van der Waals surface area contributed by atoms with Crippen LogP contribution in [-0.4, -0.2) is 57.6 Å². The predicted octanol–water partition coefficient (Wildman–Crippen LogP) is 3.80. The van der Waals surface area contributed by atoms with Crippen molar-refractivity contribution in [2.75, 3.05) is 30.8 Å². The lowest BCUT2D eigenvalue weighted by Crippen LogP contribution is -2.53. The van der Waals surface area contributed by atoms with Gasteiger partial charge in [0.2, 0.25) is 21.8 Å². The van der Waals surface area contributed by atoms with Gasteiger partial charge in [-0.15, -0.1) is 0 Å². The molecule has 0 aliphatic heterocycles. The van der Waals surface area contributed by atoms with Gasteiger partial charge in [-0.2, -0.15) is 0 Å². The molecule has 0 saturated carbocycles. The topological polar surface area (TPSA) is 96.0 Å². The van der Waals surface area contributed by atoms with E-state index in [1.807, 2.05) is 68.4 Å². The first-order chi connectivity index (χ1) is 18.7. The van der Waals surface area contributed by atoms with Gasteiger partial charge < -0.3 is 15.0 Å². The zero-order valence-corrected chi connectivity index (χ0v) is 23.8. The number of ether oxygens (including phenoxy) is 1. The van der Waals surface area contributed by atoms with E-state index in [-0.39, 0.29) is 18.9 Å². The predicted molar refractivity (Wildman–Crippen MR) is 154 cm³/mol. The molecule has 208 valence electrons. The van der Waals surface area contributed by atoms with Gasteiger partial charge in [0.15, 0.2) is 0 Å². The second-order valence-electron chi connectivity index (χ2n) is 9.23. The molecule has 0 saturated heterocycles. The van der Waals surface area contributed by atoms with Crippen molar-refractivity contribution in [2.24, 2.45) is 0 Å². The number of nitrogens with zero attached hydrogens (tertiary/aromatic N) is 2. The van der Waals surface area contributed by atoms with E-state index in [9.17, 15) is 18.0 Å². The van der Waals surface area contributed by atoms with Crippen molar-refractivity contribution in [3.63, 3.8) is 0 Å². The van der Waals surface area contributed by atoms with Crippen LogP contribution in [0.1, 0.15) is 30.5 Å². The summed E-state index contributed by atoms with van der Waals surface area (Å²) in [6.45, 7) is 3.80. The van der Waals surface area contributed by atoms with Crippen molar-refractivity contribution in [3.05, 3.63) is 95.6 Å². The van der Waals surface area contributed by atoms with Crippen LogP contribution < -0.4 is 14.4 Å². The molecule has 0 fully saturated rings. The van der Waals surface area contributed by atoms with Crippen LogP contribution in [0.4, 0.5) is 5.69 Å². The van der Waals surface area contributed by atoms with Gasteiger partial charge >= 0.3 is 0 Å². The Kier molecular flexibility index (Phi) is 10.5. The molecule has 2 amide bonds. The fraction of sp³-hybridized carbons (Fsp3) is 0.333. The molecule has 9 heteroatoms. The highest BCUT2D eigenvalue weighted by Crippen LogP contribution is 2.25. The molecule has 0 aliphatic carbocycles. The third-order valence-electron chi connectivity index (χ3n) is 6.43. The number of methoxy groups -OCH3 is 1. The quantitative estimate of drug-likeness (QED) is 0.349. The maximum absolute atomic E-state index is 14.1. The van der Waals surface area contributed by atoms with E-state index in [1.54, 1.807) is 31.4 Å². The van der Waals surface area contributed by atoms with Crippen LogP contribution in [0.15, 0.2) is 78.9 Å². The van der Waals surface area contributed by atoms with E-state index in [0.29, 0.717) is 24.4 Å². The molecule has 1 atom stereocenters. The van der Waals surface area contributed by atoms with Gasteiger partial charge in [-0.25, -0.2) is 8.42 Å². The number of nitrogens with one attached hydrogen (secondary N) is 1. The maximum Gasteiger partial charge on any atom is 0.244 e. The Labute approximate surface area is 231 Å². The van der Waals surface area contributed by atoms with E-state index in [2.05, 4.69) is 5.32 Å². The number of para-hydroxylation sites is 1. The number of anilines is 1. The number of benzene rings is 3. The van der Waals surface area contributed by atoms with E-state index >= 15 is 0 Å². The van der Waals surface area contributed by atoms with Crippen LogP contribution in [-0.2, 0) is 39.0 Å². The van der Waals surface area contributed by atoms with Gasteiger partial charge in [0.05, 0.1) is 19.1 Å². The summed E-state index contributed by atoms with van der Waals surface area (Å²) in [5.74, 6) is -0.175. The van der Waals surface area contributed by atoms with Gasteiger partial charge in [0.25, 0.3) is 0 Å². The molecule has 1 N–H and O–H groups in total. The summed E-state index contributed by atoms with van der Waals surface area (Å²) >= 11 is 0. The molecule has 3 rings (SSSR count). The maximum atomic E-state index is 14.1. The monoisotopic (exact) mass is 551 g/mol. The molecule has 0 radical (unpaired) electrons. The molecular weight excluding hydrogens is 514 g/mol. The standard InChI is InChI=1S/C30H37N3O5S/c1-5-25-16-10-11-18-27(25)33(39(4,36)37)22-29(34)32(21-24-15-12-17-26(19-24)38-3)28(30(35)31-6-2)20-23-13-8-7-9-14-23/h7-19,28H,5-6,20-22H2,1-4H3,(H,31,35)/t28-/m1/s1. The molecule has 3 aromatic carbocycles. The normalized spacial score (nSPS) is 11.9. The summed E-state index contributed by atoms with van der Waals surface area (Å²) in [4.78, 5) is 29.0. The van der Waals surface area contributed by atoms with Crippen LogP contribution in [0.2, 0.25) is 0 Å². The van der Waals surface area contributed by atoms with Crippen molar-refractivity contribution >= 4 is 27.5 Å². The summed E-state index contributed by atoms with van der Waals surface area (Å²) in [7, 11) is -2.25. The Morgan fingerprint density at radius 2 is 1.59 bits per heavy atom. The average Bonchev–Trinajstić information content (AvgIpc) is 2.93. The lowest BCUT2D eigenvalue weighted by molar-refractivity contribution is -0.140. The van der Waals surface area contributed by atoms with Crippen molar-refractivity contribution in [2.45, 2.75) is 39.3 Å². The summed E-state index contributed by atoms with van der Waals surface area (Å²) in [5.41, 5.74) is 2.90. The summed E-state index contributed by atoms with van der Waals surface area (Å²) in [6, 6.07) is 23.0. The number of aryl methyl sites for hydroxylation is 1. The second kappa shape index (κ2) is 13.8. The molecule has 0 unspecified atom stereocenters. The number of sulfonamides is 1. The fourth-order valence-electron chi connectivity index (χ4n) is 4.46. The highest BCUT2D eigenvalue weighted by Gasteiger charge is 2.33. The van der Waals surface area contributed by atoms with Gasteiger partial charge in [0.1, 0.15) is 18.3 Å². The molecule has 3 aromatic rings. The highest BCUT2D eigenvalue weighted by molar-refractivity contribution is 7.92. The first-order valence-electron chi connectivity index (χ1n) is 13.0. The van der Waals surface area contributed by atoms with Crippen molar-refractivity contribution in [3.8, 4) is 5.75 Å². The molecular formula is C30H37N3O5S. The number of rotatable bonds is 13. The Balaban J connectivity index is 2.07. The minimum atomic E-state index is -3.81. The number of hydrogen-bond donors (Lipinski definition) is 1. The van der Waals surface area contributed by atoms with Gasteiger partial charge in [0, 0.05) is 19.5 Å². The molecule has 0 spiro atoms. The minimum Gasteiger partial charge on any atom is -0.497 e. The van der Waals surface area contributed by atoms with Gasteiger partial charge in [-0.1, -0.05) is 67.6 Å². The smallest absolute Gasteiger partial charge is 0.244 e. The third-order valence-corrected chi connectivity index (χ3v) is 7.56. The van der Waals surface area contributed by atoms with Crippen LogP contribution in [0.5, 0.6) is 5.75 Å². The number of carbonyl (C=O) groups is 2. The number of likely N-dealkylation sites (N-methyl/N-ethyl adjacent to an activating group) is 1. The zero-order chi connectivity index (χ0) is 28.4. The molecule has 0 heterocycles. The van der Waals surface area contributed by atoms with Crippen molar-refractivity contribution in [1.29, 1.82) is 0 Å². The Hall–Kier alpha value is -3.85. The summed E-state index contributed by atoms with van der Waals surface area (Å²) < 4.78 is 32.4. The molecule has 0 aromatic heterocycles. The minimum absolute atomic E-state index is 0.0949. The third kappa shape index (κ3) is 8.07. The fourth-order valence-corrected chi connectivity index (χ4v) is 5.34. The zero-order valence-electron chi connectivity index (χ0n) is 23.0. The van der Waals surface area contributed by atoms with Gasteiger partial charge in [-0.05, 0) is 48.2 Å². The van der Waals surface area contributed by atoms with Crippen LogP contribution >= 0.6 is 0 Å². The largest absolute Gasteiger partial charge is 0.497 e. The lowest BCUT2D eigenvalue weighted by Gasteiger charge is -2.34. The first-order valence-corrected chi connectivity index (χ1v) is 14.8.